The van der Waals surface area contributed by atoms with Gasteiger partial charge in [-0.1, -0.05) is 0 Å². The molecule has 2 aliphatic rings. The molecule has 1 saturated carbocycles. The summed E-state index contributed by atoms with van der Waals surface area (Å²) >= 11 is 0.222. The van der Waals surface area contributed by atoms with Crippen molar-refractivity contribution in [1.82, 2.24) is 0 Å². The van der Waals surface area contributed by atoms with Crippen LogP contribution in [0.3, 0.4) is 0 Å². The van der Waals surface area contributed by atoms with Crippen LogP contribution in [0.15, 0.2) is 30.3 Å². The Labute approximate surface area is 138 Å². The molecule has 0 bridgehead atoms. The minimum atomic E-state index is -0.834. The predicted molar refractivity (Wildman–Crippen MR) is 87.2 cm³/mol. The summed E-state index contributed by atoms with van der Waals surface area (Å²) in [5, 5.41) is 0. The van der Waals surface area contributed by atoms with Crippen LogP contribution in [0.4, 0.5) is 0 Å². The van der Waals surface area contributed by atoms with Gasteiger partial charge >= 0.3 is 139 Å². The molecular formula is C18H24O3Se. The number of cyclic esters (lactones) is 1. The number of rotatable bonds is 2. The van der Waals surface area contributed by atoms with E-state index < -0.39 is 11.4 Å². The first-order chi connectivity index (χ1) is 10.3. The van der Waals surface area contributed by atoms with Gasteiger partial charge < -0.3 is 0 Å². The Morgan fingerprint density at radius 3 is 2.50 bits per heavy atom. The van der Waals surface area contributed by atoms with Crippen LogP contribution in [0.1, 0.15) is 47.0 Å². The number of carbonyl (C=O) groups is 1. The SMILES string of the molecule is CC(C)(C)[C@]1(C)OC(=O)[C@@]2(CCC[C@H]2[Se]c2ccccc2)O1. The average molecular weight is 367 g/mol. The Hall–Kier alpha value is -0.831. The zero-order chi connectivity index (χ0) is 16.0. The van der Waals surface area contributed by atoms with Crippen molar-refractivity contribution in [2.75, 3.05) is 0 Å². The third-order valence-corrected chi connectivity index (χ3v) is 7.96. The van der Waals surface area contributed by atoms with Gasteiger partial charge in [-0.3, -0.25) is 0 Å². The van der Waals surface area contributed by atoms with E-state index in [2.05, 4.69) is 45.0 Å². The molecule has 1 aliphatic carbocycles. The van der Waals surface area contributed by atoms with Gasteiger partial charge in [0.2, 0.25) is 0 Å². The van der Waals surface area contributed by atoms with Crippen LogP contribution in [0.25, 0.3) is 0 Å². The van der Waals surface area contributed by atoms with E-state index in [0.717, 1.165) is 19.3 Å². The second-order valence-corrected chi connectivity index (χ2v) is 10.1. The van der Waals surface area contributed by atoms with Crippen molar-refractivity contribution in [1.29, 1.82) is 0 Å². The van der Waals surface area contributed by atoms with Crippen LogP contribution in [-0.4, -0.2) is 32.3 Å². The van der Waals surface area contributed by atoms with Crippen molar-refractivity contribution in [2.45, 2.75) is 63.2 Å². The Bertz CT molecular complexity index is 565. The van der Waals surface area contributed by atoms with E-state index in [4.69, 9.17) is 9.47 Å². The zero-order valence-corrected chi connectivity index (χ0v) is 15.4. The van der Waals surface area contributed by atoms with E-state index in [1.54, 1.807) is 0 Å². The summed E-state index contributed by atoms with van der Waals surface area (Å²) in [6.45, 7) is 8.09. The number of esters is 1. The molecule has 1 heterocycles. The van der Waals surface area contributed by atoms with Gasteiger partial charge in [-0.2, -0.15) is 0 Å². The molecule has 3 atom stereocenters. The summed E-state index contributed by atoms with van der Waals surface area (Å²) in [5.41, 5.74) is -0.961. The molecule has 2 fully saturated rings. The summed E-state index contributed by atoms with van der Waals surface area (Å²) in [6.07, 6.45) is 2.87. The van der Waals surface area contributed by atoms with Gasteiger partial charge in [0.15, 0.2) is 0 Å². The molecule has 3 nitrogen and oxygen atoms in total. The molecule has 1 saturated heterocycles. The van der Waals surface area contributed by atoms with Gasteiger partial charge in [0.25, 0.3) is 0 Å². The fourth-order valence-corrected chi connectivity index (χ4v) is 5.99. The minimum absolute atomic E-state index is 0.148. The molecule has 4 heteroatoms. The Morgan fingerprint density at radius 2 is 1.91 bits per heavy atom. The molecule has 1 spiro atoms. The van der Waals surface area contributed by atoms with Crippen molar-refractivity contribution >= 4 is 25.4 Å². The first-order valence-corrected chi connectivity index (χ1v) is 9.77. The third kappa shape index (κ3) is 2.51. The fourth-order valence-electron chi connectivity index (χ4n) is 3.09. The van der Waals surface area contributed by atoms with Gasteiger partial charge in [-0.15, -0.1) is 0 Å². The van der Waals surface area contributed by atoms with Crippen molar-refractivity contribution < 1.29 is 14.3 Å². The van der Waals surface area contributed by atoms with E-state index in [9.17, 15) is 4.79 Å². The van der Waals surface area contributed by atoms with E-state index in [0.29, 0.717) is 0 Å². The van der Waals surface area contributed by atoms with Crippen LogP contribution >= 0.6 is 0 Å². The fraction of sp³-hybridized carbons (Fsp3) is 0.611. The van der Waals surface area contributed by atoms with Gasteiger partial charge in [0.05, 0.1) is 0 Å². The average Bonchev–Trinajstić information content (AvgIpc) is 2.94. The quantitative estimate of drug-likeness (QED) is 0.595. The molecule has 0 unspecified atom stereocenters. The van der Waals surface area contributed by atoms with Crippen LogP contribution in [0.2, 0.25) is 4.82 Å². The monoisotopic (exact) mass is 368 g/mol. The maximum atomic E-state index is 12.7. The predicted octanol–water partition coefficient (Wildman–Crippen LogP) is 3.06. The Balaban J connectivity index is 1.87. The van der Waals surface area contributed by atoms with Crippen molar-refractivity contribution in [3.05, 3.63) is 30.3 Å². The van der Waals surface area contributed by atoms with Crippen LogP contribution < -0.4 is 4.46 Å². The second kappa shape index (κ2) is 5.36. The van der Waals surface area contributed by atoms with Gasteiger partial charge in [0.1, 0.15) is 0 Å². The molecule has 3 rings (SSSR count). The summed E-state index contributed by atoms with van der Waals surface area (Å²) in [7, 11) is 0. The Kier molecular flexibility index (Phi) is 3.91. The summed E-state index contributed by atoms with van der Waals surface area (Å²) in [5.74, 6) is -0.982. The molecule has 1 aromatic rings. The molecule has 0 aromatic heterocycles. The number of benzene rings is 1. The van der Waals surface area contributed by atoms with Gasteiger partial charge in [-0.05, 0) is 0 Å². The number of carbonyl (C=O) groups excluding carboxylic acids is 1. The molecular weight excluding hydrogens is 343 g/mol. The van der Waals surface area contributed by atoms with Crippen LogP contribution in [0, 0.1) is 5.41 Å². The molecule has 1 aliphatic heterocycles. The number of hydrogen-bond acceptors (Lipinski definition) is 3. The van der Waals surface area contributed by atoms with Gasteiger partial charge in [0, 0.05) is 0 Å². The molecule has 0 N–H and O–H groups in total. The third-order valence-electron chi connectivity index (χ3n) is 4.93. The molecule has 22 heavy (non-hydrogen) atoms. The first kappa shape index (κ1) is 16.0. The van der Waals surface area contributed by atoms with Crippen molar-refractivity contribution in [3.8, 4) is 0 Å². The molecule has 1 aromatic carbocycles. The van der Waals surface area contributed by atoms with Crippen molar-refractivity contribution in [2.24, 2.45) is 5.41 Å². The second-order valence-electron chi connectivity index (χ2n) is 7.39. The Morgan fingerprint density at radius 1 is 1.23 bits per heavy atom. The standard InChI is InChI=1S/C18H24O3Se/c1-16(2,3)17(4)20-15(19)18(21-17)12-8-11-14(18)22-13-9-6-5-7-10-13/h5-7,9-10,14H,8,11-12H2,1-4H3/t14-,17-,18+/m1/s1. The van der Waals surface area contributed by atoms with E-state index in [-0.39, 0.29) is 31.2 Å². The van der Waals surface area contributed by atoms with E-state index in [1.807, 2.05) is 13.0 Å². The summed E-state index contributed by atoms with van der Waals surface area (Å²) < 4.78 is 13.5. The molecule has 120 valence electrons. The first-order valence-electron chi connectivity index (χ1n) is 7.92. The normalized spacial score (nSPS) is 35.1. The van der Waals surface area contributed by atoms with Crippen molar-refractivity contribution in [3.63, 3.8) is 0 Å². The van der Waals surface area contributed by atoms with Crippen LogP contribution in [0.5, 0.6) is 0 Å². The number of hydrogen-bond donors (Lipinski definition) is 0. The summed E-state index contributed by atoms with van der Waals surface area (Å²) in [6, 6.07) is 10.4. The molecule has 0 amide bonds. The maximum absolute atomic E-state index is 12.7. The van der Waals surface area contributed by atoms with E-state index in [1.165, 1.54) is 4.46 Å². The van der Waals surface area contributed by atoms with Crippen LogP contribution in [-0.2, 0) is 14.3 Å². The van der Waals surface area contributed by atoms with Gasteiger partial charge in [-0.25, -0.2) is 0 Å². The zero-order valence-electron chi connectivity index (χ0n) is 13.7. The molecule has 0 radical (unpaired) electrons. The van der Waals surface area contributed by atoms with E-state index >= 15 is 0 Å². The summed E-state index contributed by atoms with van der Waals surface area (Å²) in [4.78, 5) is 13.0. The topological polar surface area (TPSA) is 35.5 Å². The number of ether oxygens (including phenoxy) is 2.